The lowest BCUT2D eigenvalue weighted by Gasteiger charge is -2.39. The second kappa shape index (κ2) is 10.9. The molecule has 4 rings (SSSR count). The number of ether oxygens (including phenoxy) is 1. The van der Waals surface area contributed by atoms with E-state index in [1.807, 2.05) is 36.9 Å². The normalized spacial score (nSPS) is 20.2. The van der Waals surface area contributed by atoms with E-state index in [9.17, 15) is 9.59 Å². The van der Waals surface area contributed by atoms with Crippen LogP contribution in [0.3, 0.4) is 0 Å². The summed E-state index contributed by atoms with van der Waals surface area (Å²) in [5.74, 6) is 0.367. The van der Waals surface area contributed by atoms with Gasteiger partial charge in [-0.2, -0.15) is 13.5 Å². The Hall–Kier alpha value is -2.03. The molecule has 1 aromatic heterocycles. The molecule has 2 unspecified atom stereocenters. The number of fused-ring (bicyclic) bond motifs is 2. The van der Waals surface area contributed by atoms with Crippen molar-refractivity contribution in [1.82, 2.24) is 14.8 Å². The number of carbonyl (C=O) groups excluding carboxylic acids is 2. The Morgan fingerprint density at radius 3 is 2.79 bits per heavy atom. The fourth-order valence-electron chi connectivity index (χ4n) is 4.66. The van der Waals surface area contributed by atoms with Crippen LogP contribution in [-0.2, 0) is 17.6 Å². The first-order chi connectivity index (χ1) is 15.4. The summed E-state index contributed by atoms with van der Waals surface area (Å²) in [6, 6.07) is 5.46. The van der Waals surface area contributed by atoms with Gasteiger partial charge >= 0.3 is 6.09 Å². The first-order valence-electron chi connectivity index (χ1n) is 11.5. The largest absolute Gasteiger partial charge is 0.449 e. The number of piperazine rings is 1. The molecule has 2 heterocycles. The zero-order chi connectivity index (χ0) is 22.8. The van der Waals surface area contributed by atoms with E-state index in [2.05, 4.69) is 0 Å². The van der Waals surface area contributed by atoms with Crippen molar-refractivity contribution in [2.24, 2.45) is 11.7 Å². The third-order valence-electron chi connectivity index (χ3n) is 6.54. The first-order valence-corrected chi connectivity index (χ1v) is 11.8. The second-order valence-corrected chi connectivity index (χ2v) is 9.21. The zero-order valence-electron chi connectivity index (χ0n) is 19.3. The first kappa shape index (κ1) is 25.6. The Balaban J connectivity index is 0.00000306. The van der Waals surface area contributed by atoms with Gasteiger partial charge in [-0.3, -0.25) is 9.78 Å². The van der Waals surface area contributed by atoms with E-state index < -0.39 is 0 Å². The molecule has 2 N–H and O–H groups in total. The van der Waals surface area contributed by atoms with Crippen molar-refractivity contribution in [3.05, 3.63) is 40.0 Å². The Bertz CT molecular complexity index is 1030. The zero-order valence-corrected chi connectivity index (χ0v) is 21.0. The Morgan fingerprint density at radius 1 is 1.30 bits per heavy atom. The van der Waals surface area contributed by atoms with Crippen LogP contribution in [0.4, 0.5) is 4.79 Å². The van der Waals surface area contributed by atoms with Gasteiger partial charge in [-0.25, -0.2) is 4.79 Å². The maximum absolute atomic E-state index is 13.3. The van der Waals surface area contributed by atoms with Crippen molar-refractivity contribution in [1.29, 1.82) is 0 Å². The molecule has 0 radical (unpaired) electrons. The number of pyridine rings is 1. The van der Waals surface area contributed by atoms with Gasteiger partial charge in [0.05, 0.1) is 17.1 Å². The average molecular weight is 493 g/mol. The molecule has 1 saturated heterocycles. The lowest BCUT2D eigenvalue weighted by molar-refractivity contribution is 0.0414. The van der Waals surface area contributed by atoms with Gasteiger partial charge in [-0.15, -0.1) is 0 Å². The number of amides is 2. The highest BCUT2D eigenvalue weighted by Crippen LogP contribution is 2.35. The molecule has 1 aromatic carbocycles. The molecule has 2 aromatic rings. The molecule has 33 heavy (non-hydrogen) atoms. The number of benzene rings is 1. The molecule has 0 saturated carbocycles. The fourth-order valence-corrected chi connectivity index (χ4v) is 5.03. The van der Waals surface area contributed by atoms with E-state index in [1.54, 1.807) is 4.90 Å². The van der Waals surface area contributed by atoms with Crippen molar-refractivity contribution in [2.75, 3.05) is 32.8 Å². The number of carbonyl (C=O) groups is 2. The van der Waals surface area contributed by atoms with Gasteiger partial charge in [0, 0.05) is 42.3 Å². The maximum Gasteiger partial charge on any atom is 0.409 e. The van der Waals surface area contributed by atoms with Crippen molar-refractivity contribution >= 4 is 48.0 Å². The number of aromatic nitrogens is 1. The Labute approximate surface area is 207 Å². The van der Waals surface area contributed by atoms with Gasteiger partial charge in [-0.1, -0.05) is 24.6 Å². The molecule has 1 aliphatic heterocycles. The maximum atomic E-state index is 13.3. The molecule has 0 spiro atoms. The number of nitrogens with zero attached hydrogens (tertiary/aromatic N) is 3. The Kier molecular flexibility index (Phi) is 8.48. The second-order valence-electron chi connectivity index (χ2n) is 8.84. The molecule has 2 amide bonds. The van der Waals surface area contributed by atoms with Crippen LogP contribution in [0.1, 0.15) is 48.3 Å². The number of hydrogen-bond acceptors (Lipinski definition) is 5. The third kappa shape index (κ3) is 5.23. The van der Waals surface area contributed by atoms with Crippen LogP contribution in [-0.4, -0.2) is 65.6 Å². The van der Waals surface area contributed by atoms with Crippen LogP contribution in [0.5, 0.6) is 0 Å². The van der Waals surface area contributed by atoms with E-state index in [1.165, 1.54) is 0 Å². The lowest BCUT2D eigenvalue weighted by atomic mass is 9.86. The van der Waals surface area contributed by atoms with Crippen LogP contribution >= 0.6 is 25.1 Å². The molecule has 2 aliphatic rings. The standard InChI is InChI=1S/C24H31ClN4O3.H2S/c1-3-10-32-24(31)28-8-9-29(15(2)14-28)23(30)17-5-7-19-21(12-17)27-20-11-16(13-26)4-6-18(20)22(19)25;/h5,7,12,15-16H,3-4,6,8-11,13-14,26H2,1-2H3;1H2. The Morgan fingerprint density at radius 2 is 2.09 bits per heavy atom. The third-order valence-corrected chi connectivity index (χ3v) is 6.98. The summed E-state index contributed by atoms with van der Waals surface area (Å²) in [6.07, 6.45) is 3.23. The van der Waals surface area contributed by atoms with E-state index in [-0.39, 0.29) is 31.5 Å². The summed E-state index contributed by atoms with van der Waals surface area (Å²) in [5.41, 5.74) is 9.32. The van der Waals surface area contributed by atoms with Crippen molar-refractivity contribution in [3.8, 4) is 0 Å². The molecule has 1 fully saturated rings. The van der Waals surface area contributed by atoms with Crippen LogP contribution in [0.15, 0.2) is 18.2 Å². The highest BCUT2D eigenvalue weighted by molar-refractivity contribution is 7.59. The minimum Gasteiger partial charge on any atom is -0.449 e. The molecule has 1 aliphatic carbocycles. The fraction of sp³-hybridized carbons (Fsp3) is 0.542. The number of rotatable bonds is 4. The van der Waals surface area contributed by atoms with Crippen LogP contribution in [0.2, 0.25) is 5.02 Å². The number of hydrogen-bond donors (Lipinski definition) is 1. The number of nitrogens with two attached hydrogens (primary N) is 1. The molecule has 7 nitrogen and oxygen atoms in total. The average Bonchev–Trinajstić information content (AvgIpc) is 2.81. The molecule has 0 bridgehead atoms. The van der Waals surface area contributed by atoms with Crippen LogP contribution in [0.25, 0.3) is 10.9 Å². The molecular formula is C24H33ClN4O3S. The quantitative estimate of drug-likeness (QED) is 0.702. The van der Waals surface area contributed by atoms with Gasteiger partial charge in [0.2, 0.25) is 0 Å². The van der Waals surface area contributed by atoms with E-state index in [0.717, 1.165) is 52.9 Å². The highest BCUT2D eigenvalue weighted by Gasteiger charge is 2.31. The molecule has 2 atom stereocenters. The van der Waals surface area contributed by atoms with Gasteiger partial charge in [0.1, 0.15) is 0 Å². The summed E-state index contributed by atoms with van der Waals surface area (Å²) >= 11 is 6.72. The predicted molar refractivity (Wildman–Crippen MR) is 135 cm³/mol. The minimum atomic E-state index is -0.309. The van der Waals surface area contributed by atoms with Gasteiger partial charge < -0.3 is 20.3 Å². The van der Waals surface area contributed by atoms with Crippen molar-refractivity contribution in [3.63, 3.8) is 0 Å². The van der Waals surface area contributed by atoms with Gasteiger partial charge in [0.25, 0.3) is 5.91 Å². The monoisotopic (exact) mass is 492 g/mol. The van der Waals surface area contributed by atoms with Crippen LogP contribution in [0, 0.1) is 5.92 Å². The topological polar surface area (TPSA) is 88.8 Å². The summed E-state index contributed by atoms with van der Waals surface area (Å²) in [6.45, 7) is 6.36. The summed E-state index contributed by atoms with van der Waals surface area (Å²) < 4.78 is 5.23. The van der Waals surface area contributed by atoms with E-state index >= 15 is 0 Å². The summed E-state index contributed by atoms with van der Waals surface area (Å²) in [4.78, 5) is 33.8. The predicted octanol–water partition coefficient (Wildman–Crippen LogP) is 3.76. The number of halogens is 1. The summed E-state index contributed by atoms with van der Waals surface area (Å²) in [5, 5.41) is 1.62. The van der Waals surface area contributed by atoms with Crippen molar-refractivity contribution in [2.45, 2.75) is 45.6 Å². The molecule has 180 valence electrons. The minimum absolute atomic E-state index is 0. The van der Waals surface area contributed by atoms with Crippen molar-refractivity contribution < 1.29 is 14.3 Å². The molecular weight excluding hydrogens is 460 g/mol. The SMILES string of the molecule is CCCOC(=O)N1CCN(C(=O)c2ccc3c(Cl)c4c(nc3c2)CC(CN)CC4)C(C)C1.S. The smallest absolute Gasteiger partial charge is 0.409 e. The summed E-state index contributed by atoms with van der Waals surface area (Å²) in [7, 11) is 0. The van der Waals surface area contributed by atoms with Gasteiger partial charge in [0.15, 0.2) is 0 Å². The lowest BCUT2D eigenvalue weighted by Crippen LogP contribution is -2.55. The van der Waals surface area contributed by atoms with Gasteiger partial charge in [-0.05, 0) is 62.8 Å². The highest BCUT2D eigenvalue weighted by atomic mass is 35.5. The van der Waals surface area contributed by atoms with E-state index in [0.29, 0.717) is 44.3 Å². The van der Waals surface area contributed by atoms with E-state index in [4.69, 9.17) is 27.1 Å². The molecule has 9 heteroatoms. The van der Waals surface area contributed by atoms with Crippen LogP contribution < -0.4 is 5.73 Å².